The lowest BCUT2D eigenvalue weighted by atomic mass is 9.69. The number of para-hydroxylation sites is 4. The molecule has 12 aromatic rings. The standard InChI is InChI=1S/C79H74O2/c1-7-9-11-13-15-25-41-79(42-26-16-14-12-10-8-2)67-47-63-65(77(3,4)69-43-59(49-29-17-19-33-53(49)73(63)69)57-37-27-35-55-51-31-21-23-39-71(51)80-75(55)57)45-61(67)62-46-66-64(48-68(62)79)74-54-34-20-18-30-50(54)60(44-70(74)78(66,5)6)58-38-28-36-56-52-32-22-24-40-72(52)81-76(56)58/h17-24,27-40,43-48H,7-16,25-26,41-42H2,1-6H3. The fraction of sp³-hybridized carbons (Fsp3) is 0.291. The minimum atomic E-state index is -0.255. The van der Waals surface area contributed by atoms with Gasteiger partial charge in [-0.3, -0.25) is 0 Å². The Morgan fingerprint density at radius 2 is 0.630 bits per heavy atom. The lowest BCUT2D eigenvalue weighted by Crippen LogP contribution is -2.26. The average molecular weight is 1060 g/mol. The van der Waals surface area contributed by atoms with Crippen LogP contribution in [0.25, 0.3) is 121 Å². The minimum Gasteiger partial charge on any atom is -0.455 e. The number of rotatable bonds is 16. The molecule has 0 N–H and O–H groups in total. The third-order valence-electron chi connectivity index (χ3n) is 20.3. The Kier molecular flexibility index (Phi) is 11.9. The number of furan rings is 2. The van der Waals surface area contributed by atoms with E-state index in [1.165, 1.54) is 200 Å². The van der Waals surface area contributed by atoms with E-state index in [2.05, 4.69) is 211 Å². The first-order valence-corrected chi connectivity index (χ1v) is 30.9. The van der Waals surface area contributed by atoms with Gasteiger partial charge in [0.2, 0.25) is 0 Å². The largest absolute Gasteiger partial charge is 0.455 e. The molecule has 402 valence electrons. The summed E-state index contributed by atoms with van der Waals surface area (Å²) in [6.07, 6.45) is 17.8. The van der Waals surface area contributed by atoms with Crippen molar-refractivity contribution in [3.63, 3.8) is 0 Å². The molecule has 2 nitrogen and oxygen atoms in total. The van der Waals surface area contributed by atoms with Crippen LogP contribution in [0.15, 0.2) is 179 Å². The zero-order valence-corrected chi connectivity index (χ0v) is 48.4. The Balaban J connectivity index is 0.941. The summed E-state index contributed by atoms with van der Waals surface area (Å²) in [6.45, 7) is 14.7. The number of unbranched alkanes of at least 4 members (excludes halogenated alkanes) is 10. The maximum atomic E-state index is 6.78. The molecule has 0 aliphatic heterocycles. The predicted molar refractivity (Wildman–Crippen MR) is 344 cm³/mol. The first-order chi connectivity index (χ1) is 39.6. The van der Waals surface area contributed by atoms with E-state index in [9.17, 15) is 0 Å². The van der Waals surface area contributed by atoms with Gasteiger partial charge < -0.3 is 8.83 Å². The first kappa shape index (κ1) is 50.3. The minimum absolute atomic E-state index is 0.122. The summed E-state index contributed by atoms with van der Waals surface area (Å²) >= 11 is 0. The molecule has 0 saturated heterocycles. The maximum absolute atomic E-state index is 6.78. The van der Waals surface area contributed by atoms with E-state index in [0.717, 1.165) is 33.5 Å². The van der Waals surface area contributed by atoms with E-state index in [4.69, 9.17) is 8.83 Å². The average Bonchev–Trinajstić information content (AvgIpc) is 4.18. The van der Waals surface area contributed by atoms with Gasteiger partial charge in [-0.15, -0.1) is 0 Å². The summed E-state index contributed by atoms with van der Waals surface area (Å²) in [6, 6.07) is 65.0. The highest BCUT2D eigenvalue weighted by Crippen LogP contribution is 2.64. The molecular weight excluding hydrogens is 981 g/mol. The smallest absolute Gasteiger partial charge is 0.143 e. The number of benzene rings is 10. The van der Waals surface area contributed by atoms with Gasteiger partial charge in [-0.25, -0.2) is 0 Å². The molecule has 0 radical (unpaired) electrons. The van der Waals surface area contributed by atoms with Crippen LogP contribution in [0.4, 0.5) is 0 Å². The molecule has 2 heterocycles. The van der Waals surface area contributed by atoms with Crippen LogP contribution in [0.2, 0.25) is 0 Å². The highest BCUT2D eigenvalue weighted by Gasteiger charge is 2.49. The van der Waals surface area contributed by atoms with Gasteiger partial charge in [0, 0.05) is 48.9 Å². The Morgan fingerprint density at radius 3 is 1.06 bits per heavy atom. The van der Waals surface area contributed by atoms with E-state index in [0.29, 0.717) is 0 Å². The van der Waals surface area contributed by atoms with Crippen LogP contribution in [-0.4, -0.2) is 0 Å². The summed E-state index contributed by atoms with van der Waals surface area (Å²) in [4.78, 5) is 0. The second kappa shape index (κ2) is 19.2. The van der Waals surface area contributed by atoms with Crippen LogP contribution in [0.3, 0.4) is 0 Å². The molecule has 3 aliphatic rings. The van der Waals surface area contributed by atoms with Gasteiger partial charge in [0.15, 0.2) is 0 Å². The number of hydrogen-bond donors (Lipinski definition) is 0. The van der Waals surface area contributed by atoms with Crippen LogP contribution in [0.1, 0.15) is 165 Å². The molecule has 3 aliphatic carbocycles. The van der Waals surface area contributed by atoms with Crippen LogP contribution >= 0.6 is 0 Å². The zero-order valence-electron chi connectivity index (χ0n) is 48.4. The summed E-state index contributed by atoms with van der Waals surface area (Å²) in [5.41, 5.74) is 25.4. The van der Waals surface area contributed by atoms with Crippen molar-refractivity contribution in [2.24, 2.45) is 0 Å². The Bertz CT molecular complexity index is 4220. The van der Waals surface area contributed by atoms with Crippen molar-refractivity contribution in [2.45, 2.75) is 148 Å². The lowest BCUT2D eigenvalue weighted by molar-refractivity contribution is 0.398. The third-order valence-corrected chi connectivity index (χ3v) is 20.3. The molecule has 0 amide bonds. The van der Waals surface area contributed by atoms with Crippen LogP contribution in [0, 0.1) is 0 Å². The Morgan fingerprint density at radius 1 is 0.284 bits per heavy atom. The third kappa shape index (κ3) is 7.50. The highest BCUT2D eigenvalue weighted by atomic mass is 16.3. The van der Waals surface area contributed by atoms with E-state index in [1.807, 2.05) is 0 Å². The van der Waals surface area contributed by atoms with Crippen molar-refractivity contribution in [3.8, 4) is 55.6 Å². The molecule has 15 rings (SSSR count). The molecule has 0 saturated carbocycles. The Hall–Kier alpha value is -7.68. The molecule has 0 bridgehead atoms. The number of hydrogen-bond acceptors (Lipinski definition) is 2. The first-order valence-electron chi connectivity index (χ1n) is 30.9. The quantitative estimate of drug-likeness (QED) is 0.0902. The molecule has 10 aromatic carbocycles. The Labute approximate surface area is 478 Å². The van der Waals surface area contributed by atoms with Gasteiger partial charge >= 0.3 is 0 Å². The van der Waals surface area contributed by atoms with Gasteiger partial charge in [0.25, 0.3) is 0 Å². The van der Waals surface area contributed by atoms with Crippen molar-refractivity contribution in [1.29, 1.82) is 0 Å². The normalized spacial score (nSPS) is 15.0. The van der Waals surface area contributed by atoms with Crippen molar-refractivity contribution in [1.82, 2.24) is 0 Å². The topological polar surface area (TPSA) is 26.3 Å². The zero-order chi connectivity index (χ0) is 54.8. The maximum Gasteiger partial charge on any atom is 0.143 e. The summed E-state index contributed by atoms with van der Waals surface area (Å²) in [7, 11) is 0. The van der Waals surface area contributed by atoms with Crippen LogP contribution in [0.5, 0.6) is 0 Å². The van der Waals surface area contributed by atoms with Gasteiger partial charge in [0.1, 0.15) is 22.3 Å². The predicted octanol–water partition coefficient (Wildman–Crippen LogP) is 23.5. The molecular formula is C79H74O2. The van der Waals surface area contributed by atoms with Gasteiger partial charge in [0.05, 0.1) is 0 Å². The van der Waals surface area contributed by atoms with Gasteiger partial charge in [-0.1, -0.05) is 240 Å². The van der Waals surface area contributed by atoms with E-state index >= 15 is 0 Å². The molecule has 0 fully saturated rings. The van der Waals surface area contributed by atoms with Crippen LogP contribution < -0.4 is 0 Å². The van der Waals surface area contributed by atoms with E-state index in [1.54, 1.807) is 11.1 Å². The SMILES string of the molecule is CCCCCCCCC1(CCCCCCCC)c2cc3c(cc2-c2cc4c(cc21)-c1c(cc(-c2cccc5c2oc2ccccc25)c2ccccc12)C4(C)C)C(C)(C)c1cc(-c2cccc4c2oc2ccccc24)c2ccccc2c1-3. The summed E-state index contributed by atoms with van der Waals surface area (Å²) in [5, 5.41) is 9.90. The molecule has 0 spiro atoms. The number of fused-ring (bicyclic) bond motifs is 19. The van der Waals surface area contributed by atoms with Crippen molar-refractivity contribution in [2.75, 3.05) is 0 Å². The van der Waals surface area contributed by atoms with Crippen molar-refractivity contribution < 1.29 is 8.83 Å². The molecule has 2 heteroatoms. The molecule has 0 unspecified atom stereocenters. The van der Waals surface area contributed by atoms with Gasteiger partial charge in [-0.05, 0) is 161 Å². The fourth-order valence-electron chi connectivity index (χ4n) is 16.1. The van der Waals surface area contributed by atoms with E-state index in [-0.39, 0.29) is 16.2 Å². The second-order valence-corrected chi connectivity index (χ2v) is 25.6. The molecule has 0 atom stereocenters. The summed E-state index contributed by atoms with van der Waals surface area (Å²) < 4.78 is 13.6. The lowest BCUT2D eigenvalue weighted by Gasteiger charge is -2.34. The van der Waals surface area contributed by atoms with Crippen molar-refractivity contribution in [3.05, 3.63) is 203 Å². The molecule has 2 aromatic heterocycles. The van der Waals surface area contributed by atoms with Crippen LogP contribution in [-0.2, 0) is 16.2 Å². The fourth-order valence-corrected chi connectivity index (χ4v) is 16.1. The monoisotopic (exact) mass is 1050 g/mol. The van der Waals surface area contributed by atoms with Crippen molar-refractivity contribution >= 4 is 65.4 Å². The molecule has 81 heavy (non-hydrogen) atoms. The summed E-state index contributed by atoms with van der Waals surface area (Å²) in [5.74, 6) is 0. The van der Waals surface area contributed by atoms with Gasteiger partial charge in [-0.2, -0.15) is 0 Å². The highest BCUT2D eigenvalue weighted by molar-refractivity contribution is 6.17. The van der Waals surface area contributed by atoms with E-state index < -0.39 is 0 Å². The second-order valence-electron chi connectivity index (χ2n) is 25.6.